The Hall–Kier alpha value is -3.02. The number of rotatable bonds is 6. The molecule has 0 N–H and O–H groups in total. The molecule has 6 rings (SSSR count). The van der Waals surface area contributed by atoms with Crippen LogP contribution < -0.4 is 9.47 Å². The fraction of sp³-hybridized carbons (Fsp3) is 0.419. The van der Waals surface area contributed by atoms with E-state index >= 15 is 8.78 Å². The molecule has 11 heteroatoms. The second-order valence-electron chi connectivity index (χ2n) is 11.3. The van der Waals surface area contributed by atoms with Crippen LogP contribution in [0.3, 0.4) is 0 Å². The van der Waals surface area contributed by atoms with Crippen LogP contribution in [-0.2, 0) is 31.2 Å². The van der Waals surface area contributed by atoms with Crippen LogP contribution in [-0.4, -0.2) is 46.1 Å². The number of hydrogen-bond acceptors (Lipinski definition) is 6. The average Bonchev–Trinajstić information content (AvgIpc) is 3.00. The molecule has 0 aromatic heterocycles. The molecule has 3 aliphatic rings. The van der Waals surface area contributed by atoms with Crippen molar-refractivity contribution in [1.29, 1.82) is 0 Å². The summed E-state index contributed by atoms with van der Waals surface area (Å²) in [7, 11) is -6.48. The Morgan fingerprint density at radius 1 is 1.02 bits per heavy atom. The first kappa shape index (κ1) is 29.1. The SMILES string of the molecule is CC[C@@H]1C[C@@H]2[C@@H](CC[C@@]3(S(=O)(=O)c4ccccc4)c4c(F)ccc(F)c4OC[C@@H]23)N(Cc2ccc(OC)cc2)S1(=O)=O. The van der Waals surface area contributed by atoms with Gasteiger partial charge in [-0.05, 0) is 73.6 Å². The van der Waals surface area contributed by atoms with Crippen molar-refractivity contribution in [2.24, 2.45) is 11.8 Å². The summed E-state index contributed by atoms with van der Waals surface area (Å²) in [5, 5.41) is -0.758. The normalized spacial score (nSPS) is 28.6. The van der Waals surface area contributed by atoms with E-state index in [0.717, 1.165) is 17.7 Å². The maximum absolute atomic E-state index is 15.8. The maximum Gasteiger partial charge on any atom is 0.217 e. The van der Waals surface area contributed by atoms with E-state index in [9.17, 15) is 16.8 Å². The second-order valence-corrected chi connectivity index (χ2v) is 15.7. The van der Waals surface area contributed by atoms with Crippen molar-refractivity contribution in [3.63, 3.8) is 0 Å². The average molecular weight is 618 g/mol. The molecule has 3 aromatic rings. The van der Waals surface area contributed by atoms with Crippen molar-refractivity contribution in [1.82, 2.24) is 4.31 Å². The highest BCUT2D eigenvalue weighted by atomic mass is 32.2. The zero-order valence-electron chi connectivity index (χ0n) is 23.4. The monoisotopic (exact) mass is 617 g/mol. The molecule has 0 amide bonds. The molecular formula is C31H33F2NO6S2. The molecule has 1 saturated heterocycles. The van der Waals surface area contributed by atoms with Crippen molar-refractivity contribution in [3.05, 3.63) is 89.5 Å². The molecule has 0 unspecified atom stereocenters. The largest absolute Gasteiger partial charge is 0.497 e. The predicted octanol–water partition coefficient (Wildman–Crippen LogP) is 5.44. The third-order valence-electron chi connectivity index (χ3n) is 9.45. The standard InChI is InChI=1S/C31H33F2NO6S2/c1-3-22-17-24-25-19-40-30-27(33)14-13-26(32)29(30)31(25,41(35,36)23-7-5-4-6-8-23)16-15-28(24)34(42(22,37)38)18-20-9-11-21(39-2)12-10-20/h4-14,22,24-25,28H,3,15-19H2,1-2H3/t22-,24+,25+,28-,31+/m1/s1. The van der Waals surface area contributed by atoms with Crippen molar-refractivity contribution in [3.8, 4) is 11.5 Å². The highest BCUT2D eigenvalue weighted by molar-refractivity contribution is 7.92. The highest BCUT2D eigenvalue weighted by Crippen LogP contribution is 2.60. The third kappa shape index (κ3) is 4.26. The van der Waals surface area contributed by atoms with Crippen LogP contribution in [0.5, 0.6) is 11.5 Å². The summed E-state index contributed by atoms with van der Waals surface area (Å²) < 4.78 is 98.9. The van der Waals surface area contributed by atoms with Crippen LogP contribution in [0.25, 0.3) is 0 Å². The molecule has 2 aliphatic heterocycles. The van der Waals surface area contributed by atoms with E-state index in [1.165, 1.54) is 16.4 Å². The Morgan fingerprint density at radius 2 is 1.71 bits per heavy atom. The van der Waals surface area contributed by atoms with Crippen molar-refractivity contribution >= 4 is 19.9 Å². The van der Waals surface area contributed by atoms with E-state index in [1.807, 2.05) is 12.1 Å². The number of halogens is 2. The van der Waals surface area contributed by atoms with Gasteiger partial charge in [0.1, 0.15) is 16.3 Å². The molecular weight excluding hydrogens is 584 g/mol. The topological polar surface area (TPSA) is 90.0 Å². The van der Waals surface area contributed by atoms with Crippen LogP contribution >= 0.6 is 0 Å². The van der Waals surface area contributed by atoms with Crippen LogP contribution in [0, 0.1) is 23.5 Å². The summed E-state index contributed by atoms with van der Waals surface area (Å²) in [4.78, 5) is 0.00974. The Morgan fingerprint density at radius 3 is 2.38 bits per heavy atom. The second kappa shape index (κ2) is 10.6. The number of sulfonamides is 1. The molecule has 7 nitrogen and oxygen atoms in total. The molecule has 2 fully saturated rings. The minimum atomic E-state index is -4.29. The fourth-order valence-corrected chi connectivity index (χ4v) is 12.1. The van der Waals surface area contributed by atoms with E-state index in [2.05, 4.69) is 0 Å². The molecule has 3 aromatic carbocycles. The Balaban J connectivity index is 1.51. The summed E-state index contributed by atoms with van der Waals surface area (Å²) in [6, 6.07) is 16.3. The van der Waals surface area contributed by atoms with Gasteiger partial charge in [-0.25, -0.2) is 25.6 Å². The van der Waals surface area contributed by atoms with E-state index in [1.54, 1.807) is 44.4 Å². The van der Waals surface area contributed by atoms with Gasteiger partial charge < -0.3 is 9.47 Å². The van der Waals surface area contributed by atoms with Gasteiger partial charge >= 0.3 is 0 Å². The van der Waals surface area contributed by atoms with Gasteiger partial charge in [0, 0.05) is 18.5 Å². The lowest BCUT2D eigenvalue weighted by molar-refractivity contribution is 0.0146. The van der Waals surface area contributed by atoms with Gasteiger partial charge in [0.15, 0.2) is 21.4 Å². The van der Waals surface area contributed by atoms with Gasteiger partial charge in [0.2, 0.25) is 10.0 Å². The lowest BCUT2D eigenvalue weighted by atomic mass is 9.64. The van der Waals surface area contributed by atoms with Crippen molar-refractivity contribution in [2.45, 2.75) is 60.1 Å². The van der Waals surface area contributed by atoms with Gasteiger partial charge in [0.25, 0.3) is 0 Å². The molecule has 42 heavy (non-hydrogen) atoms. The van der Waals surface area contributed by atoms with Crippen LogP contribution in [0.15, 0.2) is 71.6 Å². The van der Waals surface area contributed by atoms with Crippen LogP contribution in [0.1, 0.15) is 43.7 Å². The Bertz CT molecular complexity index is 1700. The van der Waals surface area contributed by atoms with E-state index in [-0.39, 0.29) is 48.6 Å². The van der Waals surface area contributed by atoms with E-state index < -0.39 is 59.4 Å². The van der Waals surface area contributed by atoms with Gasteiger partial charge in [0.05, 0.1) is 29.4 Å². The zero-order valence-corrected chi connectivity index (χ0v) is 25.0. The van der Waals surface area contributed by atoms with Gasteiger partial charge in [-0.3, -0.25) is 0 Å². The Labute approximate surface area is 245 Å². The first-order valence-electron chi connectivity index (χ1n) is 14.1. The highest BCUT2D eigenvalue weighted by Gasteiger charge is 2.65. The number of nitrogens with zero attached hydrogens (tertiary/aromatic N) is 1. The maximum atomic E-state index is 15.8. The molecule has 0 spiro atoms. The summed E-state index contributed by atoms with van der Waals surface area (Å²) in [6.07, 6.45) is 0.609. The lowest BCUT2D eigenvalue weighted by Gasteiger charge is -2.57. The quantitative estimate of drug-likeness (QED) is 0.366. The molecule has 0 bridgehead atoms. The third-order valence-corrected chi connectivity index (χ3v) is 14.4. The first-order valence-corrected chi connectivity index (χ1v) is 17.1. The zero-order chi connectivity index (χ0) is 29.9. The number of methoxy groups -OCH3 is 1. The summed E-state index contributed by atoms with van der Waals surface area (Å²) >= 11 is 0. The van der Waals surface area contributed by atoms with Crippen molar-refractivity contribution < 1.29 is 35.1 Å². The molecule has 1 saturated carbocycles. The molecule has 1 aliphatic carbocycles. The lowest BCUT2D eigenvalue weighted by Crippen LogP contribution is -2.64. The predicted molar refractivity (Wildman–Crippen MR) is 153 cm³/mol. The molecule has 5 atom stereocenters. The number of fused-ring (bicyclic) bond motifs is 5. The smallest absolute Gasteiger partial charge is 0.217 e. The van der Waals surface area contributed by atoms with E-state index in [0.29, 0.717) is 12.2 Å². The van der Waals surface area contributed by atoms with E-state index in [4.69, 9.17) is 9.47 Å². The number of hydrogen-bond donors (Lipinski definition) is 0. The molecule has 0 radical (unpaired) electrons. The van der Waals surface area contributed by atoms with Gasteiger partial charge in [-0.15, -0.1) is 0 Å². The van der Waals surface area contributed by atoms with Gasteiger partial charge in [-0.2, -0.15) is 4.31 Å². The van der Waals surface area contributed by atoms with Crippen LogP contribution in [0.4, 0.5) is 8.78 Å². The number of ether oxygens (including phenoxy) is 2. The Kier molecular flexibility index (Phi) is 7.34. The summed E-state index contributed by atoms with van der Waals surface area (Å²) in [5.41, 5.74) is 0.478. The molecule has 224 valence electrons. The minimum absolute atomic E-state index is 0.00974. The first-order chi connectivity index (χ1) is 20.1. The summed E-state index contributed by atoms with van der Waals surface area (Å²) in [6.45, 7) is 1.73. The fourth-order valence-electron chi connectivity index (χ4n) is 7.44. The van der Waals surface area contributed by atoms with Gasteiger partial charge in [-0.1, -0.05) is 37.3 Å². The molecule has 2 heterocycles. The number of sulfone groups is 1. The summed E-state index contributed by atoms with van der Waals surface area (Å²) in [5.74, 6) is -2.69. The van der Waals surface area contributed by atoms with Crippen LogP contribution in [0.2, 0.25) is 0 Å². The van der Waals surface area contributed by atoms with Crippen molar-refractivity contribution in [2.75, 3.05) is 13.7 Å². The number of benzene rings is 3. The minimum Gasteiger partial charge on any atom is -0.497 e.